The van der Waals surface area contributed by atoms with Gasteiger partial charge < -0.3 is 5.32 Å². The Kier molecular flexibility index (Phi) is 7.05. The van der Waals surface area contributed by atoms with Crippen LogP contribution >= 0.6 is 0 Å². The van der Waals surface area contributed by atoms with Crippen LogP contribution in [-0.2, 0) is 12.7 Å². The average molecular weight is 512 g/mol. The lowest BCUT2D eigenvalue weighted by molar-refractivity contribution is -0.137. The van der Waals surface area contributed by atoms with E-state index >= 15 is 0 Å². The second kappa shape index (κ2) is 10.2. The molecule has 0 aliphatic carbocycles. The molecule has 1 aromatic heterocycles. The van der Waals surface area contributed by atoms with Gasteiger partial charge in [-0.3, -0.25) is 14.2 Å². The van der Waals surface area contributed by atoms with Crippen LogP contribution in [0.15, 0.2) is 88.5 Å². The van der Waals surface area contributed by atoms with Crippen molar-refractivity contribution in [3.05, 3.63) is 128 Å². The summed E-state index contributed by atoms with van der Waals surface area (Å²) < 4.78 is 54.5. The van der Waals surface area contributed by atoms with Crippen LogP contribution in [-0.4, -0.2) is 20.3 Å². The van der Waals surface area contributed by atoms with Gasteiger partial charge in [-0.1, -0.05) is 54.6 Å². The average Bonchev–Trinajstić information content (AvgIpc) is 2.87. The van der Waals surface area contributed by atoms with Gasteiger partial charge >= 0.3 is 11.9 Å². The molecule has 4 rings (SSSR count). The van der Waals surface area contributed by atoms with Gasteiger partial charge in [0.25, 0.3) is 11.5 Å². The van der Waals surface area contributed by atoms with Gasteiger partial charge in [-0.2, -0.15) is 23.0 Å². The Balaban J connectivity index is 1.80. The molecule has 0 aliphatic heterocycles. The molecule has 0 saturated heterocycles. The number of carbonyl (C=O) groups excluding carboxylic acids is 1. The third-order valence-electron chi connectivity index (χ3n) is 5.62. The third kappa shape index (κ3) is 5.50. The van der Waals surface area contributed by atoms with Crippen molar-refractivity contribution in [2.75, 3.05) is 0 Å². The van der Waals surface area contributed by atoms with Crippen molar-refractivity contribution >= 4 is 5.91 Å². The van der Waals surface area contributed by atoms with Gasteiger partial charge in [-0.05, 0) is 42.3 Å². The molecule has 0 saturated carbocycles. The number of carbonyl (C=O) groups is 1. The van der Waals surface area contributed by atoms with E-state index < -0.39 is 53.0 Å². The van der Waals surface area contributed by atoms with E-state index in [-0.39, 0.29) is 11.3 Å². The Bertz CT molecular complexity index is 1550. The van der Waals surface area contributed by atoms with Crippen LogP contribution in [0.2, 0.25) is 0 Å². The molecule has 0 aliphatic rings. The highest BCUT2D eigenvalue weighted by Crippen LogP contribution is 2.29. The van der Waals surface area contributed by atoms with E-state index in [0.29, 0.717) is 9.25 Å². The number of para-hydroxylation sites is 1. The highest BCUT2D eigenvalue weighted by molar-refractivity contribution is 5.92. The minimum Gasteiger partial charge on any atom is -0.344 e. The molecule has 3 aromatic carbocycles. The normalized spacial score (nSPS) is 12.2. The number of rotatable bonds is 6. The molecule has 11 heteroatoms. The Hall–Kier alpha value is -4.54. The van der Waals surface area contributed by atoms with E-state index in [1.165, 1.54) is 18.2 Å². The summed E-state index contributed by atoms with van der Waals surface area (Å²) in [5, 5.41) is 6.50. The van der Waals surface area contributed by atoms with Crippen molar-refractivity contribution < 1.29 is 22.4 Å². The van der Waals surface area contributed by atoms with Crippen LogP contribution in [0.3, 0.4) is 0 Å². The summed E-state index contributed by atoms with van der Waals surface area (Å²) in [6.07, 6.45) is -4.57. The predicted octanol–water partition coefficient (Wildman–Crippen LogP) is 4.09. The molecule has 37 heavy (non-hydrogen) atoms. The Morgan fingerprint density at radius 1 is 0.946 bits per heavy atom. The zero-order valence-corrected chi connectivity index (χ0v) is 19.4. The Labute approximate surface area is 207 Å². The van der Waals surface area contributed by atoms with Crippen LogP contribution < -0.4 is 16.6 Å². The molecular formula is C26H20F4N4O3. The van der Waals surface area contributed by atoms with E-state index in [4.69, 9.17) is 0 Å². The van der Waals surface area contributed by atoms with Gasteiger partial charge in [-0.25, -0.2) is 9.18 Å². The summed E-state index contributed by atoms with van der Waals surface area (Å²) in [6, 6.07) is 17.3. The lowest BCUT2D eigenvalue weighted by Crippen LogP contribution is -2.46. The fraction of sp³-hybridized carbons (Fsp3) is 0.154. The van der Waals surface area contributed by atoms with E-state index in [2.05, 4.69) is 10.4 Å². The van der Waals surface area contributed by atoms with Crippen molar-refractivity contribution in [1.82, 2.24) is 19.7 Å². The molecule has 0 fully saturated rings. The third-order valence-corrected chi connectivity index (χ3v) is 5.62. The minimum absolute atomic E-state index is 0.183. The summed E-state index contributed by atoms with van der Waals surface area (Å²) >= 11 is 0. The molecule has 0 bridgehead atoms. The fourth-order valence-electron chi connectivity index (χ4n) is 3.65. The highest BCUT2D eigenvalue weighted by atomic mass is 19.4. The van der Waals surface area contributed by atoms with Gasteiger partial charge in [0.05, 0.1) is 18.2 Å². The lowest BCUT2D eigenvalue weighted by atomic mass is 10.1. The largest absolute Gasteiger partial charge is 0.416 e. The van der Waals surface area contributed by atoms with Gasteiger partial charge in [0.2, 0.25) is 5.69 Å². The summed E-state index contributed by atoms with van der Waals surface area (Å²) in [5.41, 5.74) is -3.11. The second-order valence-corrected chi connectivity index (χ2v) is 8.19. The molecular weight excluding hydrogens is 492 g/mol. The summed E-state index contributed by atoms with van der Waals surface area (Å²) in [7, 11) is 0. The minimum atomic E-state index is -4.57. The van der Waals surface area contributed by atoms with Gasteiger partial charge in [0.1, 0.15) is 11.5 Å². The maximum absolute atomic E-state index is 14.5. The number of hydrogen-bond donors (Lipinski definition) is 1. The van der Waals surface area contributed by atoms with E-state index in [1.807, 2.05) is 0 Å². The van der Waals surface area contributed by atoms with Crippen LogP contribution in [0, 0.1) is 5.82 Å². The molecule has 0 radical (unpaired) electrons. The van der Waals surface area contributed by atoms with Crippen LogP contribution in [0.5, 0.6) is 0 Å². The fourth-order valence-corrected chi connectivity index (χ4v) is 3.65. The lowest BCUT2D eigenvalue weighted by Gasteiger charge is -2.16. The van der Waals surface area contributed by atoms with Gasteiger partial charge in [-0.15, -0.1) is 0 Å². The van der Waals surface area contributed by atoms with Crippen molar-refractivity contribution in [1.29, 1.82) is 0 Å². The highest BCUT2D eigenvalue weighted by Gasteiger charge is 2.30. The number of nitrogens with zero attached hydrogens (tertiary/aromatic N) is 3. The van der Waals surface area contributed by atoms with Crippen LogP contribution in [0.25, 0.3) is 5.69 Å². The smallest absolute Gasteiger partial charge is 0.344 e. The monoisotopic (exact) mass is 512 g/mol. The molecule has 1 N–H and O–H groups in total. The standard InChI is InChI=1S/C26H20F4N4O3/c1-16(18-7-3-2-4-8-18)31-23(35)22-24(36)33(15-17-11-13-19(14-12-17)26(28,29)30)25(37)34(32-22)21-10-6-5-9-20(21)27/h2-14,16H,15H2,1H3,(H,31,35)/t16-/m1/s1. The number of hydrogen-bond acceptors (Lipinski definition) is 4. The second-order valence-electron chi connectivity index (χ2n) is 8.19. The number of amides is 1. The maximum atomic E-state index is 14.5. The van der Waals surface area contributed by atoms with Gasteiger partial charge in [0, 0.05) is 0 Å². The summed E-state index contributed by atoms with van der Waals surface area (Å²) in [4.78, 5) is 39.4. The Morgan fingerprint density at radius 3 is 2.19 bits per heavy atom. The molecule has 190 valence electrons. The summed E-state index contributed by atoms with van der Waals surface area (Å²) in [5.74, 6) is -1.74. The van der Waals surface area contributed by atoms with Gasteiger partial charge in [0.15, 0.2) is 0 Å². The quantitative estimate of drug-likeness (QED) is 0.395. The molecule has 4 aromatic rings. The SMILES string of the molecule is C[C@@H](NC(=O)c1nn(-c2ccccc2F)c(=O)n(Cc2ccc(C(F)(F)F)cc2)c1=O)c1ccccc1. The zero-order valence-electron chi connectivity index (χ0n) is 19.4. The molecule has 7 nitrogen and oxygen atoms in total. The van der Waals surface area contributed by atoms with E-state index in [9.17, 15) is 31.9 Å². The zero-order chi connectivity index (χ0) is 26.7. The first-order valence-corrected chi connectivity index (χ1v) is 11.1. The predicted molar refractivity (Wildman–Crippen MR) is 127 cm³/mol. The number of nitrogens with one attached hydrogen (secondary N) is 1. The van der Waals surface area contributed by atoms with Crippen molar-refractivity contribution in [3.8, 4) is 5.69 Å². The summed E-state index contributed by atoms with van der Waals surface area (Å²) in [6.45, 7) is 1.21. The molecule has 1 amide bonds. The molecule has 1 heterocycles. The first kappa shape index (κ1) is 25.5. The van der Waals surface area contributed by atoms with E-state index in [0.717, 1.165) is 35.9 Å². The Morgan fingerprint density at radius 2 is 1.57 bits per heavy atom. The van der Waals surface area contributed by atoms with Crippen molar-refractivity contribution in [2.24, 2.45) is 0 Å². The number of benzene rings is 3. The number of aromatic nitrogens is 3. The van der Waals surface area contributed by atoms with Crippen molar-refractivity contribution in [2.45, 2.75) is 25.7 Å². The molecule has 1 atom stereocenters. The molecule has 0 unspecified atom stereocenters. The first-order valence-electron chi connectivity index (χ1n) is 11.1. The topological polar surface area (TPSA) is 86.0 Å². The van der Waals surface area contributed by atoms with E-state index in [1.54, 1.807) is 37.3 Å². The van der Waals surface area contributed by atoms with Crippen molar-refractivity contribution in [3.63, 3.8) is 0 Å². The first-order chi connectivity index (χ1) is 17.6. The van der Waals surface area contributed by atoms with Crippen LogP contribution in [0.4, 0.5) is 17.6 Å². The number of alkyl halides is 3. The number of halogens is 4. The molecule has 0 spiro atoms. The van der Waals surface area contributed by atoms with Crippen LogP contribution in [0.1, 0.15) is 40.1 Å². The maximum Gasteiger partial charge on any atom is 0.416 e.